The molecule has 2 rings (SSSR count). The van der Waals surface area contributed by atoms with Crippen molar-refractivity contribution < 1.29 is 14.3 Å². The second-order valence-corrected chi connectivity index (χ2v) is 6.07. The molecule has 0 fully saturated rings. The van der Waals surface area contributed by atoms with Crippen molar-refractivity contribution in [1.29, 1.82) is 0 Å². The summed E-state index contributed by atoms with van der Waals surface area (Å²) in [5.74, 6) is 1.43. The van der Waals surface area contributed by atoms with Crippen LogP contribution in [0.2, 0.25) is 0 Å². The number of carbonyl (C=O) groups excluding carboxylic acids is 1. The predicted molar refractivity (Wildman–Crippen MR) is 100 cm³/mol. The first-order valence-corrected chi connectivity index (χ1v) is 8.75. The van der Waals surface area contributed by atoms with E-state index in [4.69, 9.17) is 9.47 Å². The van der Waals surface area contributed by atoms with Crippen LogP contribution in [0.25, 0.3) is 0 Å². The van der Waals surface area contributed by atoms with Crippen molar-refractivity contribution in [2.45, 2.75) is 45.8 Å². The molecule has 0 aliphatic carbocycles. The highest BCUT2D eigenvalue weighted by Crippen LogP contribution is 2.21. The largest absolute Gasteiger partial charge is 0.497 e. The van der Waals surface area contributed by atoms with Gasteiger partial charge in [0.2, 0.25) is 0 Å². The summed E-state index contributed by atoms with van der Waals surface area (Å²) in [5.41, 5.74) is 2.22. The summed E-state index contributed by atoms with van der Waals surface area (Å²) in [7, 11) is 1.64. The number of amides is 1. The van der Waals surface area contributed by atoms with Gasteiger partial charge < -0.3 is 14.8 Å². The van der Waals surface area contributed by atoms with Gasteiger partial charge in [0.05, 0.1) is 13.2 Å². The van der Waals surface area contributed by atoms with Crippen molar-refractivity contribution in [3.05, 3.63) is 59.7 Å². The molecule has 0 spiro atoms. The van der Waals surface area contributed by atoms with Gasteiger partial charge in [-0.2, -0.15) is 0 Å². The lowest BCUT2D eigenvalue weighted by Gasteiger charge is -2.22. The van der Waals surface area contributed by atoms with E-state index >= 15 is 0 Å². The van der Waals surface area contributed by atoms with Crippen molar-refractivity contribution in [3.63, 3.8) is 0 Å². The van der Waals surface area contributed by atoms with Crippen LogP contribution in [0.15, 0.2) is 48.5 Å². The van der Waals surface area contributed by atoms with Gasteiger partial charge in [-0.1, -0.05) is 43.7 Å². The molecule has 2 atom stereocenters. The molecule has 1 N–H and O–H groups in total. The maximum Gasteiger partial charge on any atom is 0.261 e. The van der Waals surface area contributed by atoms with Gasteiger partial charge in [0.25, 0.3) is 5.91 Å². The molecule has 0 bridgehead atoms. The van der Waals surface area contributed by atoms with Gasteiger partial charge in [-0.25, -0.2) is 0 Å². The Morgan fingerprint density at radius 1 is 0.960 bits per heavy atom. The maximum absolute atomic E-state index is 12.7. The van der Waals surface area contributed by atoms with Crippen LogP contribution in [-0.2, 0) is 4.79 Å². The summed E-state index contributed by atoms with van der Waals surface area (Å²) in [4.78, 5) is 12.7. The lowest BCUT2D eigenvalue weighted by atomic mass is 10.0. The van der Waals surface area contributed by atoms with E-state index in [0.29, 0.717) is 12.2 Å². The Bertz CT molecular complexity index is 665. The molecule has 134 valence electrons. The van der Waals surface area contributed by atoms with E-state index in [-0.39, 0.29) is 11.9 Å². The molecule has 0 heterocycles. The number of methoxy groups -OCH3 is 1. The summed E-state index contributed by atoms with van der Waals surface area (Å²) in [6.45, 7) is 6.03. The number of aryl methyl sites for hydroxylation is 1. The molecule has 0 aliphatic rings. The standard InChI is InChI=1S/C21H27NO3/c1-5-19(16-9-13-17(24-4)14-10-16)22-21(23)20(6-2)25-18-11-7-15(3)8-12-18/h7-14,19-20H,5-6H2,1-4H3,(H,22,23)/t19-,20-/m0/s1. The average molecular weight is 341 g/mol. The van der Waals surface area contributed by atoms with Crippen LogP contribution in [0.1, 0.15) is 43.9 Å². The maximum atomic E-state index is 12.7. The molecule has 0 aliphatic heterocycles. The second-order valence-electron chi connectivity index (χ2n) is 6.07. The van der Waals surface area contributed by atoms with Gasteiger partial charge in [-0.05, 0) is 49.6 Å². The van der Waals surface area contributed by atoms with Crippen molar-refractivity contribution in [2.75, 3.05) is 7.11 Å². The third-order valence-electron chi connectivity index (χ3n) is 4.21. The minimum Gasteiger partial charge on any atom is -0.497 e. The molecular weight excluding hydrogens is 314 g/mol. The smallest absolute Gasteiger partial charge is 0.261 e. The van der Waals surface area contributed by atoms with E-state index in [1.165, 1.54) is 0 Å². The lowest BCUT2D eigenvalue weighted by molar-refractivity contribution is -0.128. The van der Waals surface area contributed by atoms with Gasteiger partial charge in [0.15, 0.2) is 6.10 Å². The number of benzene rings is 2. The first kappa shape index (κ1) is 18.8. The van der Waals surface area contributed by atoms with Crippen LogP contribution in [0.5, 0.6) is 11.5 Å². The molecule has 4 nitrogen and oxygen atoms in total. The van der Waals surface area contributed by atoms with E-state index in [2.05, 4.69) is 12.2 Å². The van der Waals surface area contributed by atoms with Crippen LogP contribution in [0, 0.1) is 6.92 Å². The summed E-state index contributed by atoms with van der Waals surface area (Å²) >= 11 is 0. The summed E-state index contributed by atoms with van der Waals surface area (Å²) in [6, 6.07) is 15.5. The molecule has 1 amide bonds. The monoisotopic (exact) mass is 341 g/mol. The fraction of sp³-hybridized carbons (Fsp3) is 0.381. The average Bonchev–Trinajstić information content (AvgIpc) is 2.65. The van der Waals surface area contributed by atoms with Crippen molar-refractivity contribution in [3.8, 4) is 11.5 Å². The fourth-order valence-corrected chi connectivity index (χ4v) is 2.63. The second kappa shape index (κ2) is 9.11. The third-order valence-corrected chi connectivity index (χ3v) is 4.21. The molecule has 0 aromatic heterocycles. The van der Waals surface area contributed by atoms with Crippen LogP contribution >= 0.6 is 0 Å². The minimum atomic E-state index is -0.505. The summed E-state index contributed by atoms with van der Waals surface area (Å²) < 4.78 is 11.1. The number of carbonyl (C=O) groups is 1. The molecule has 25 heavy (non-hydrogen) atoms. The topological polar surface area (TPSA) is 47.6 Å². The Labute approximate surface area is 150 Å². The normalized spacial score (nSPS) is 13.0. The molecule has 2 aromatic carbocycles. The van der Waals surface area contributed by atoms with Crippen LogP contribution in [0.4, 0.5) is 0 Å². The van der Waals surface area contributed by atoms with E-state index < -0.39 is 6.10 Å². The van der Waals surface area contributed by atoms with Gasteiger partial charge in [-0.3, -0.25) is 4.79 Å². The van der Waals surface area contributed by atoms with Crippen molar-refractivity contribution >= 4 is 5.91 Å². The summed E-state index contributed by atoms with van der Waals surface area (Å²) in [5, 5.41) is 3.10. The number of rotatable bonds is 8. The fourth-order valence-electron chi connectivity index (χ4n) is 2.63. The Morgan fingerprint density at radius 3 is 2.08 bits per heavy atom. The lowest BCUT2D eigenvalue weighted by Crippen LogP contribution is -2.39. The van der Waals surface area contributed by atoms with Crippen LogP contribution in [0.3, 0.4) is 0 Å². The van der Waals surface area contributed by atoms with E-state index in [1.807, 2.05) is 62.4 Å². The minimum absolute atomic E-state index is 0.0472. The van der Waals surface area contributed by atoms with E-state index in [1.54, 1.807) is 7.11 Å². The SMILES string of the molecule is CC[C@H](Oc1ccc(C)cc1)C(=O)N[C@@H](CC)c1ccc(OC)cc1. The first-order valence-electron chi connectivity index (χ1n) is 8.75. The Kier molecular flexibility index (Phi) is 6.87. The number of nitrogens with one attached hydrogen (secondary N) is 1. The molecular formula is C21H27NO3. The molecule has 0 unspecified atom stereocenters. The molecule has 0 saturated carbocycles. The van der Waals surface area contributed by atoms with Crippen molar-refractivity contribution in [2.24, 2.45) is 0 Å². The van der Waals surface area contributed by atoms with Gasteiger partial charge in [-0.15, -0.1) is 0 Å². The highest BCUT2D eigenvalue weighted by Gasteiger charge is 2.22. The van der Waals surface area contributed by atoms with Gasteiger partial charge in [0.1, 0.15) is 11.5 Å². The Balaban J connectivity index is 2.03. The number of hydrogen-bond acceptors (Lipinski definition) is 3. The zero-order chi connectivity index (χ0) is 18.2. The number of hydrogen-bond donors (Lipinski definition) is 1. The zero-order valence-electron chi connectivity index (χ0n) is 15.4. The first-order chi connectivity index (χ1) is 12.1. The molecule has 0 radical (unpaired) electrons. The quantitative estimate of drug-likeness (QED) is 0.773. The Morgan fingerprint density at radius 2 is 1.56 bits per heavy atom. The van der Waals surface area contributed by atoms with Crippen LogP contribution in [-0.4, -0.2) is 19.1 Å². The highest BCUT2D eigenvalue weighted by atomic mass is 16.5. The van der Waals surface area contributed by atoms with Gasteiger partial charge in [0, 0.05) is 0 Å². The van der Waals surface area contributed by atoms with Gasteiger partial charge >= 0.3 is 0 Å². The predicted octanol–water partition coefficient (Wildman–Crippen LogP) is 4.43. The van der Waals surface area contributed by atoms with Crippen molar-refractivity contribution in [1.82, 2.24) is 5.32 Å². The van der Waals surface area contributed by atoms with Crippen LogP contribution < -0.4 is 14.8 Å². The summed E-state index contributed by atoms with van der Waals surface area (Å²) in [6.07, 6.45) is 0.910. The molecule has 0 saturated heterocycles. The van der Waals surface area contributed by atoms with E-state index in [9.17, 15) is 4.79 Å². The highest BCUT2D eigenvalue weighted by molar-refractivity contribution is 5.81. The number of ether oxygens (including phenoxy) is 2. The third kappa shape index (κ3) is 5.24. The zero-order valence-corrected chi connectivity index (χ0v) is 15.4. The van der Waals surface area contributed by atoms with E-state index in [0.717, 1.165) is 23.3 Å². The Hall–Kier alpha value is -2.49. The molecule has 2 aromatic rings. The molecule has 4 heteroatoms.